The molecule has 5 heteroatoms. The van der Waals surface area contributed by atoms with Crippen LogP contribution in [0.15, 0.2) is 24.3 Å². The molecule has 21 heavy (non-hydrogen) atoms. The third-order valence-electron chi connectivity index (χ3n) is 4.87. The van der Waals surface area contributed by atoms with Crippen molar-refractivity contribution in [3.8, 4) is 0 Å². The lowest BCUT2D eigenvalue weighted by molar-refractivity contribution is -0.126. The van der Waals surface area contributed by atoms with Crippen molar-refractivity contribution in [3.63, 3.8) is 0 Å². The Labute approximate surface area is 126 Å². The second-order valence-electron chi connectivity index (χ2n) is 7.03. The van der Waals surface area contributed by atoms with Gasteiger partial charge in [0.2, 0.25) is 5.91 Å². The summed E-state index contributed by atoms with van der Waals surface area (Å²) < 4.78 is 12.1. The van der Waals surface area contributed by atoms with Crippen LogP contribution in [-0.4, -0.2) is 30.8 Å². The molecule has 1 atom stereocenters. The third kappa shape index (κ3) is 2.28. The molecule has 2 fully saturated rings. The van der Waals surface area contributed by atoms with E-state index in [1.54, 1.807) is 4.90 Å². The van der Waals surface area contributed by atoms with Crippen LogP contribution >= 0.6 is 0 Å². The molecule has 0 saturated carbocycles. The molecule has 0 radical (unpaired) electrons. The van der Waals surface area contributed by atoms with E-state index in [-0.39, 0.29) is 30.1 Å². The molecule has 0 aliphatic carbocycles. The molecule has 1 amide bonds. The largest absolute Gasteiger partial charge is 0.494 e. The maximum atomic E-state index is 11.7. The predicted octanol–water partition coefficient (Wildman–Crippen LogP) is 1.97. The Bertz CT molecular complexity index is 551. The average molecular weight is 287 g/mol. The number of anilines is 1. The molecule has 2 heterocycles. The first-order valence-electron chi connectivity index (χ1n) is 7.48. The van der Waals surface area contributed by atoms with E-state index in [1.165, 1.54) is 0 Å². The standard InChI is InChI=1S/C16H22BNO3/c1-11-10-18(14(11)19)13-8-6-12(7-9-13)17-20-15(2,3)16(4,5)21-17/h6-9,11H,10H2,1-5H3/t11-/m1/s1. The SMILES string of the molecule is C[C@@H]1CN(c2ccc(B3OC(C)(C)C(C)(C)O3)cc2)C1=O. The van der Waals surface area contributed by atoms with Crippen LogP contribution in [0.5, 0.6) is 0 Å². The minimum absolute atomic E-state index is 0.146. The van der Waals surface area contributed by atoms with Crippen LogP contribution in [0.25, 0.3) is 0 Å². The predicted molar refractivity (Wildman–Crippen MR) is 83.7 cm³/mol. The summed E-state index contributed by atoms with van der Waals surface area (Å²) in [5, 5.41) is 0. The van der Waals surface area contributed by atoms with Crippen LogP contribution in [0.2, 0.25) is 0 Å². The van der Waals surface area contributed by atoms with Crippen molar-refractivity contribution in [3.05, 3.63) is 24.3 Å². The summed E-state index contributed by atoms with van der Waals surface area (Å²) in [6, 6.07) is 7.88. The topological polar surface area (TPSA) is 38.8 Å². The average Bonchev–Trinajstić information content (AvgIpc) is 2.64. The van der Waals surface area contributed by atoms with Crippen LogP contribution in [0, 0.1) is 5.92 Å². The van der Waals surface area contributed by atoms with Gasteiger partial charge >= 0.3 is 7.12 Å². The van der Waals surface area contributed by atoms with Crippen molar-refractivity contribution >= 4 is 24.2 Å². The highest BCUT2D eigenvalue weighted by atomic mass is 16.7. The van der Waals surface area contributed by atoms with Gasteiger partial charge in [-0.25, -0.2) is 0 Å². The highest BCUT2D eigenvalue weighted by Crippen LogP contribution is 2.36. The normalized spacial score (nSPS) is 26.9. The first-order valence-corrected chi connectivity index (χ1v) is 7.48. The smallest absolute Gasteiger partial charge is 0.399 e. The first kappa shape index (κ1) is 14.6. The first-order chi connectivity index (χ1) is 9.71. The number of hydrogen-bond donors (Lipinski definition) is 0. The van der Waals surface area contributed by atoms with Crippen molar-refractivity contribution in [1.29, 1.82) is 0 Å². The van der Waals surface area contributed by atoms with Gasteiger partial charge in [0.1, 0.15) is 0 Å². The lowest BCUT2D eigenvalue weighted by Crippen LogP contribution is -2.51. The Hall–Kier alpha value is -1.33. The van der Waals surface area contributed by atoms with Gasteiger partial charge in [-0.15, -0.1) is 0 Å². The summed E-state index contributed by atoms with van der Waals surface area (Å²) in [6.07, 6.45) is 0. The maximum absolute atomic E-state index is 11.7. The van der Waals surface area contributed by atoms with E-state index in [9.17, 15) is 4.79 Å². The molecular weight excluding hydrogens is 265 g/mol. The van der Waals surface area contributed by atoms with Gasteiger partial charge < -0.3 is 14.2 Å². The molecule has 4 nitrogen and oxygen atoms in total. The van der Waals surface area contributed by atoms with Crippen molar-refractivity contribution in [1.82, 2.24) is 0 Å². The van der Waals surface area contributed by atoms with Gasteiger partial charge in [-0.05, 0) is 45.3 Å². The number of hydrogen-bond acceptors (Lipinski definition) is 3. The van der Waals surface area contributed by atoms with Crippen LogP contribution < -0.4 is 10.4 Å². The third-order valence-corrected chi connectivity index (χ3v) is 4.87. The van der Waals surface area contributed by atoms with Gasteiger partial charge in [-0.2, -0.15) is 0 Å². The van der Waals surface area contributed by atoms with Crippen molar-refractivity contribution in [2.45, 2.75) is 45.8 Å². The Morgan fingerprint density at radius 3 is 2.05 bits per heavy atom. The monoisotopic (exact) mass is 287 g/mol. The summed E-state index contributed by atoms with van der Waals surface area (Å²) >= 11 is 0. The van der Waals surface area contributed by atoms with Crippen LogP contribution in [0.1, 0.15) is 34.6 Å². The van der Waals surface area contributed by atoms with Crippen LogP contribution in [0.3, 0.4) is 0 Å². The van der Waals surface area contributed by atoms with Crippen molar-refractivity contribution < 1.29 is 14.1 Å². The number of amides is 1. The second kappa shape index (κ2) is 4.58. The zero-order chi connectivity index (χ0) is 15.4. The number of benzene rings is 1. The van der Waals surface area contributed by atoms with E-state index in [2.05, 4.69) is 0 Å². The van der Waals surface area contributed by atoms with Crippen LogP contribution in [0.4, 0.5) is 5.69 Å². The molecule has 2 aliphatic heterocycles. The zero-order valence-electron chi connectivity index (χ0n) is 13.3. The quantitative estimate of drug-likeness (QED) is 0.616. The van der Waals surface area contributed by atoms with Crippen molar-refractivity contribution in [2.24, 2.45) is 5.92 Å². The summed E-state index contributed by atoms with van der Waals surface area (Å²) in [5.74, 6) is 0.339. The molecule has 3 rings (SSSR count). The molecule has 1 aromatic carbocycles. The van der Waals surface area contributed by atoms with Gasteiger partial charge in [0.05, 0.1) is 17.1 Å². The Morgan fingerprint density at radius 1 is 1.10 bits per heavy atom. The molecule has 112 valence electrons. The van der Waals surface area contributed by atoms with Gasteiger partial charge in [-0.3, -0.25) is 4.79 Å². The fourth-order valence-corrected chi connectivity index (χ4v) is 2.62. The maximum Gasteiger partial charge on any atom is 0.494 e. The minimum Gasteiger partial charge on any atom is -0.399 e. The fourth-order valence-electron chi connectivity index (χ4n) is 2.62. The molecule has 0 unspecified atom stereocenters. The van der Waals surface area contributed by atoms with Gasteiger partial charge in [0, 0.05) is 12.2 Å². The summed E-state index contributed by atoms with van der Waals surface area (Å²) in [7, 11) is -0.352. The lowest BCUT2D eigenvalue weighted by atomic mass is 9.79. The Balaban J connectivity index is 1.76. The van der Waals surface area contributed by atoms with Gasteiger partial charge in [0.15, 0.2) is 0 Å². The highest BCUT2D eigenvalue weighted by Gasteiger charge is 2.51. The van der Waals surface area contributed by atoms with E-state index >= 15 is 0 Å². The number of carbonyl (C=O) groups excluding carboxylic acids is 1. The summed E-state index contributed by atoms with van der Waals surface area (Å²) in [4.78, 5) is 13.6. The summed E-state index contributed by atoms with van der Waals surface area (Å²) in [5.41, 5.74) is 1.26. The van der Waals surface area contributed by atoms with E-state index in [1.807, 2.05) is 58.9 Å². The Kier molecular flexibility index (Phi) is 3.19. The molecule has 0 N–H and O–H groups in total. The van der Waals surface area contributed by atoms with E-state index < -0.39 is 0 Å². The number of β-lactam (4-membered cyclic amide) rings is 1. The van der Waals surface area contributed by atoms with E-state index in [0.29, 0.717) is 0 Å². The molecule has 0 spiro atoms. The lowest BCUT2D eigenvalue weighted by Gasteiger charge is -2.36. The molecule has 2 aliphatic rings. The second-order valence-corrected chi connectivity index (χ2v) is 7.03. The number of rotatable bonds is 2. The molecular formula is C16H22BNO3. The van der Waals surface area contributed by atoms with E-state index in [4.69, 9.17) is 9.31 Å². The number of nitrogens with zero attached hydrogens (tertiary/aromatic N) is 1. The van der Waals surface area contributed by atoms with E-state index in [0.717, 1.165) is 17.7 Å². The van der Waals surface area contributed by atoms with Gasteiger partial charge in [-0.1, -0.05) is 19.1 Å². The van der Waals surface area contributed by atoms with Crippen molar-refractivity contribution in [2.75, 3.05) is 11.4 Å². The highest BCUT2D eigenvalue weighted by molar-refractivity contribution is 6.62. The van der Waals surface area contributed by atoms with Gasteiger partial charge in [0.25, 0.3) is 0 Å². The Morgan fingerprint density at radius 2 is 1.62 bits per heavy atom. The van der Waals surface area contributed by atoms with Crippen LogP contribution in [-0.2, 0) is 14.1 Å². The number of carbonyl (C=O) groups is 1. The fraction of sp³-hybridized carbons (Fsp3) is 0.562. The molecule has 0 bridgehead atoms. The molecule has 2 saturated heterocycles. The molecule has 1 aromatic rings. The molecule has 0 aromatic heterocycles. The zero-order valence-corrected chi connectivity index (χ0v) is 13.3. The minimum atomic E-state index is -0.352. The summed E-state index contributed by atoms with van der Waals surface area (Å²) in [6.45, 7) is 10.9.